The number of hydrogen-bond acceptors (Lipinski definition) is 5. The van der Waals surface area contributed by atoms with E-state index in [1.165, 1.54) is 22.3 Å². The minimum absolute atomic E-state index is 0.0655. The molecule has 0 unspecified atom stereocenters. The normalized spacial score (nSPS) is 18.2. The molecule has 39 heavy (non-hydrogen) atoms. The van der Waals surface area contributed by atoms with Gasteiger partial charge in [0.2, 0.25) is 5.91 Å². The van der Waals surface area contributed by atoms with Crippen LogP contribution in [-0.2, 0) is 23.8 Å². The zero-order valence-electron chi connectivity index (χ0n) is 22.2. The molecule has 9 heteroatoms. The van der Waals surface area contributed by atoms with Gasteiger partial charge in [-0.25, -0.2) is 9.97 Å². The molecule has 204 valence electrons. The molecule has 6 rings (SSSR count). The number of nitrogen functional groups attached to an aromatic ring is 1. The smallest absolute Gasteiger partial charge is 0.399 e. The number of amides is 1. The Bertz CT molecular complexity index is 1510. The van der Waals surface area contributed by atoms with Gasteiger partial charge >= 0.3 is 6.18 Å². The number of nitrogens with two attached hydrogens (primary N) is 1. The monoisotopic (exact) mass is 535 g/mol. The minimum atomic E-state index is -4.48. The van der Waals surface area contributed by atoms with Gasteiger partial charge in [0.15, 0.2) is 0 Å². The second kappa shape index (κ2) is 9.54. The summed E-state index contributed by atoms with van der Waals surface area (Å²) in [5, 5.41) is 4.23. The lowest BCUT2D eigenvalue weighted by Gasteiger charge is -2.28. The van der Waals surface area contributed by atoms with Crippen LogP contribution in [0, 0.1) is 12.8 Å². The van der Waals surface area contributed by atoms with Gasteiger partial charge in [0, 0.05) is 30.1 Å². The number of fused-ring (bicyclic) bond motifs is 3. The average molecular weight is 536 g/mol. The Hall–Kier alpha value is -3.62. The summed E-state index contributed by atoms with van der Waals surface area (Å²) in [6, 6.07) is 5.31. The highest BCUT2D eigenvalue weighted by Crippen LogP contribution is 2.40. The van der Waals surface area contributed by atoms with Gasteiger partial charge in [-0.3, -0.25) is 4.79 Å². The number of aryl methyl sites for hydroxylation is 2. The number of rotatable bonds is 5. The van der Waals surface area contributed by atoms with Crippen LogP contribution >= 0.6 is 0 Å². The first-order valence-electron chi connectivity index (χ1n) is 13.6. The second-order valence-electron chi connectivity index (χ2n) is 11.0. The third kappa shape index (κ3) is 4.94. The summed E-state index contributed by atoms with van der Waals surface area (Å²) >= 11 is 0. The summed E-state index contributed by atoms with van der Waals surface area (Å²) < 4.78 is 40.3. The Morgan fingerprint density at radius 2 is 1.87 bits per heavy atom. The Balaban J connectivity index is 1.38. The van der Waals surface area contributed by atoms with Gasteiger partial charge in [-0.05, 0) is 104 Å². The molecule has 1 atom stereocenters. The molecule has 3 N–H and O–H groups in total. The van der Waals surface area contributed by atoms with Gasteiger partial charge in [-0.1, -0.05) is 6.08 Å². The van der Waals surface area contributed by atoms with E-state index in [9.17, 15) is 18.0 Å². The van der Waals surface area contributed by atoms with Crippen LogP contribution in [0.1, 0.15) is 72.3 Å². The minimum Gasteiger partial charge on any atom is -0.399 e. The van der Waals surface area contributed by atoms with Crippen LogP contribution in [0.3, 0.4) is 0 Å². The fourth-order valence-corrected chi connectivity index (χ4v) is 5.96. The first-order chi connectivity index (χ1) is 18.6. The molecule has 2 aliphatic carbocycles. The lowest BCUT2D eigenvalue weighted by atomic mass is 9.90. The molecule has 3 aromatic rings. The van der Waals surface area contributed by atoms with E-state index in [0.29, 0.717) is 23.8 Å². The van der Waals surface area contributed by atoms with E-state index in [1.54, 1.807) is 6.07 Å². The summed E-state index contributed by atoms with van der Waals surface area (Å²) in [5.74, 6) is 1.69. The zero-order valence-corrected chi connectivity index (χ0v) is 22.2. The molecule has 1 fully saturated rings. The molecule has 6 nitrogen and oxygen atoms in total. The van der Waals surface area contributed by atoms with E-state index >= 15 is 0 Å². The van der Waals surface area contributed by atoms with Crippen molar-refractivity contribution in [3.05, 3.63) is 64.0 Å². The Kier molecular flexibility index (Phi) is 6.27. The van der Waals surface area contributed by atoms with Crippen LogP contribution in [0.4, 0.5) is 24.7 Å². The fourth-order valence-electron chi connectivity index (χ4n) is 5.96. The second-order valence-corrected chi connectivity index (χ2v) is 11.0. The van der Waals surface area contributed by atoms with Gasteiger partial charge in [0.25, 0.3) is 0 Å². The first-order valence-corrected chi connectivity index (χ1v) is 13.6. The molecule has 2 heterocycles. The number of alkyl halides is 3. The predicted molar refractivity (Wildman–Crippen MR) is 146 cm³/mol. The van der Waals surface area contributed by atoms with Gasteiger partial charge in [0.05, 0.1) is 17.1 Å². The Morgan fingerprint density at radius 3 is 2.56 bits per heavy atom. The summed E-state index contributed by atoms with van der Waals surface area (Å²) in [5.41, 5.74) is 11.4. The van der Waals surface area contributed by atoms with Crippen LogP contribution < -0.4 is 11.1 Å². The highest BCUT2D eigenvalue weighted by Gasteiger charge is 2.34. The van der Waals surface area contributed by atoms with Crippen molar-refractivity contribution in [3.63, 3.8) is 0 Å². The van der Waals surface area contributed by atoms with Gasteiger partial charge in [-0.15, -0.1) is 0 Å². The average Bonchev–Trinajstić information content (AvgIpc) is 3.63. The number of nitrogens with one attached hydrogen (secondary N) is 1. The van der Waals surface area contributed by atoms with Crippen LogP contribution in [0.2, 0.25) is 0 Å². The third-order valence-corrected chi connectivity index (χ3v) is 8.13. The number of hydrogen-bond donors (Lipinski definition) is 2. The van der Waals surface area contributed by atoms with Crippen LogP contribution in [0.25, 0.3) is 16.5 Å². The molecule has 0 saturated heterocycles. The number of halogens is 3. The van der Waals surface area contributed by atoms with Gasteiger partial charge in [0.1, 0.15) is 11.6 Å². The molecule has 0 radical (unpaired) electrons. The summed E-state index contributed by atoms with van der Waals surface area (Å²) in [6.45, 7) is 4.99. The van der Waals surface area contributed by atoms with Crippen molar-refractivity contribution in [2.75, 3.05) is 24.1 Å². The largest absolute Gasteiger partial charge is 0.416 e. The fraction of sp³-hybridized carbons (Fsp3) is 0.433. The van der Waals surface area contributed by atoms with Crippen molar-refractivity contribution in [1.29, 1.82) is 0 Å². The highest BCUT2D eigenvalue weighted by atomic mass is 19.4. The number of benzene rings is 2. The molecule has 0 bridgehead atoms. The third-order valence-electron chi connectivity index (χ3n) is 8.13. The van der Waals surface area contributed by atoms with Crippen molar-refractivity contribution in [2.45, 2.75) is 64.6 Å². The molecular formula is C30H32F3N5O. The van der Waals surface area contributed by atoms with Crippen LogP contribution in [-0.4, -0.2) is 33.9 Å². The molecule has 1 aliphatic heterocycles. The molecule has 2 aromatic carbocycles. The maximum absolute atomic E-state index is 13.4. The van der Waals surface area contributed by atoms with Crippen molar-refractivity contribution in [2.24, 2.45) is 5.92 Å². The molecule has 1 saturated carbocycles. The standard InChI is InChI=1S/C30H32F3N5O/c1-16(20-12-21(30(31,32)33)14-22(34)13-20)35-28-26-15-25(18-8-10-38(11-9-18)29(39)19-6-7-19)23-4-3-5-24(23)27(26)36-17(2)37-28/h8,12-16,19H,3-7,9-11,34H2,1-2H3,(H,35,36,37)/t16-/m1/s1. The number of carbonyl (C=O) groups excluding carboxylic acids is 1. The van der Waals surface area contributed by atoms with E-state index in [0.717, 1.165) is 68.1 Å². The summed E-state index contributed by atoms with van der Waals surface area (Å²) in [4.78, 5) is 24.0. The van der Waals surface area contributed by atoms with Crippen molar-refractivity contribution in [1.82, 2.24) is 14.9 Å². The molecule has 1 amide bonds. The van der Waals surface area contributed by atoms with Crippen molar-refractivity contribution in [3.8, 4) is 0 Å². The quantitative estimate of drug-likeness (QED) is 0.379. The maximum Gasteiger partial charge on any atom is 0.416 e. The molecule has 1 aromatic heterocycles. The van der Waals surface area contributed by atoms with E-state index in [4.69, 9.17) is 10.7 Å². The number of aromatic nitrogens is 2. The van der Waals surface area contributed by atoms with E-state index < -0.39 is 17.8 Å². The SMILES string of the molecule is Cc1nc(N[C@H](C)c2cc(N)cc(C(F)(F)F)c2)c2cc(C3=CCN(C(=O)C4CC4)CC3)c3c(c2n1)CCC3. The van der Waals surface area contributed by atoms with E-state index in [1.807, 2.05) is 18.7 Å². The maximum atomic E-state index is 13.4. The molecular weight excluding hydrogens is 503 g/mol. The lowest BCUT2D eigenvalue weighted by molar-refractivity contribution is -0.137. The molecule has 0 spiro atoms. The predicted octanol–water partition coefficient (Wildman–Crippen LogP) is 6.23. The Morgan fingerprint density at radius 1 is 1.10 bits per heavy atom. The van der Waals surface area contributed by atoms with E-state index in [-0.39, 0.29) is 17.5 Å². The summed E-state index contributed by atoms with van der Waals surface area (Å²) in [6.07, 6.45) is 3.46. The Labute approximate surface area is 225 Å². The van der Waals surface area contributed by atoms with Crippen molar-refractivity contribution < 1.29 is 18.0 Å². The number of nitrogens with zero attached hydrogens (tertiary/aromatic N) is 3. The van der Waals surface area contributed by atoms with Crippen LogP contribution in [0.5, 0.6) is 0 Å². The number of anilines is 2. The van der Waals surface area contributed by atoms with Crippen LogP contribution in [0.15, 0.2) is 30.3 Å². The highest BCUT2D eigenvalue weighted by molar-refractivity contribution is 5.96. The topological polar surface area (TPSA) is 84.1 Å². The number of carbonyl (C=O) groups is 1. The van der Waals surface area contributed by atoms with Gasteiger partial charge in [-0.2, -0.15) is 13.2 Å². The zero-order chi connectivity index (χ0) is 27.5. The van der Waals surface area contributed by atoms with Crippen molar-refractivity contribution >= 4 is 33.9 Å². The van der Waals surface area contributed by atoms with E-state index in [2.05, 4.69) is 22.4 Å². The summed E-state index contributed by atoms with van der Waals surface area (Å²) in [7, 11) is 0. The lowest BCUT2D eigenvalue weighted by Crippen LogP contribution is -2.35. The van der Waals surface area contributed by atoms with Gasteiger partial charge < -0.3 is 16.0 Å². The first kappa shape index (κ1) is 25.6. The molecule has 3 aliphatic rings.